The molecule has 0 spiro atoms. The number of aryl methyl sites for hydroxylation is 2. The highest BCUT2D eigenvalue weighted by molar-refractivity contribution is 7.99. The molecule has 144 valence electrons. The fraction of sp³-hybridized carbons (Fsp3) is 0.150. The van der Waals surface area contributed by atoms with Gasteiger partial charge in [-0.3, -0.25) is 4.79 Å². The number of benzene rings is 2. The maximum absolute atomic E-state index is 12.0. The highest BCUT2D eigenvalue weighted by Gasteiger charge is 2.11. The van der Waals surface area contributed by atoms with Crippen LogP contribution in [0.4, 0.5) is 5.69 Å². The topological polar surface area (TPSA) is 105 Å². The molecule has 0 unspecified atom stereocenters. The van der Waals surface area contributed by atoms with E-state index in [0.717, 1.165) is 21.6 Å². The third kappa shape index (κ3) is 4.99. The quantitative estimate of drug-likeness (QED) is 0.449. The summed E-state index contributed by atoms with van der Waals surface area (Å²) in [5.74, 6) is 0.493. The zero-order valence-corrected chi connectivity index (χ0v) is 16.8. The van der Waals surface area contributed by atoms with E-state index < -0.39 is 0 Å². The maximum atomic E-state index is 12.0. The molecule has 0 radical (unpaired) electrons. The average molecular weight is 422 g/mol. The van der Waals surface area contributed by atoms with Gasteiger partial charge in [-0.15, -0.1) is 21.5 Å². The molecule has 1 N–H and O–H groups in total. The summed E-state index contributed by atoms with van der Waals surface area (Å²) >= 11 is 2.85. The van der Waals surface area contributed by atoms with Crippen molar-refractivity contribution in [1.82, 2.24) is 15.2 Å². The summed E-state index contributed by atoms with van der Waals surface area (Å²) in [6.45, 7) is 0. The second kappa shape index (κ2) is 8.86. The van der Waals surface area contributed by atoms with E-state index >= 15 is 0 Å². The van der Waals surface area contributed by atoms with E-state index in [1.807, 2.05) is 24.3 Å². The number of aromatic nitrogens is 3. The van der Waals surface area contributed by atoms with Gasteiger partial charge in [0.1, 0.15) is 0 Å². The highest BCUT2D eigenvalue weighted by atomic mass is 32.2. The Hall–Kier alpha value is -3.22. The summed E-state index contributed by atoms with van der Waals surface area (Å²) in [6, 6.07) is 16.8. The number of rotatable bonds is 7. The van der Waals surface area contributed by atoms with Crippen molar-refractivity contribution in [3.63, 3.8) is 0 Å². The van der Waals surface area contributed by atoms with E-state index in [0.29, 0.717) is 28.8 Å². The van der Waals surface area contributed by atoms with E-state index in [1.54, 1.807) is 35.6 Å². The van der Waals surface area contributed by atoms with Crippen LogP contribution in [0.2, 0.25) is 0 Å². The summed E-state index contributed by atoms with van der Waals surface area (Å²) in [7, 11) is 0. The minimum atomic E-state index is -0.186. The molecular formula is C20H15N5O2S2. The number of anilines is 1. The van der Waals surface area contributed by atoms with Crippen molar-refractivity contribution < 1.29 is 9.21 Å². The van der Waals surface area contributed by atoms with Crippen molar-refractivity contribution in [1.29, 1.82) is 5.26 Å². The van der Waals surface area contributed by atoms with Crippen molar-refractivity contribution in [2.75, 3.05) is 11.1 Å². The molecule has 0 aliphatic heterocycles. The van der Waals surface area contributed by atoms with Crippen molar-refractivity contribution in [3.05, 3.63) is 65.0 Å². The number of amides is 1. The van der Waals surface area contributed by atoms with Gasteiger partial charge in [0.05, 0.1) is 32.6 Å². The molecular weight excluding hydrogens is 406 g/mol. The molecule has 1 amide bonds. The first kappa shape index (κ1) is 19.1. The monoisotopic (exact) mass is 421 g/mol. The molecule has 0 aliphatic carbocycles. The van der Waals surface area contributed by atoms with E-state index in [-0.39, 0.29) is 11.7 Å². The number of nitriles is 1. The maximum Gasteiger partial charge on any atom is 0.277 e. The molecule has 29 heavy (non-hydrogen) atoms. The van der Waals surface area contributed by atoms with Gasteiger partial charge < -0.3 is 9.73 Å². The first-order chi connectivity index (χ1) is 14.2. The van der Waals surface area contributed by atoms with Crippen molar-refractivity contribution >= 4 is 44.9 Å². The summed E-state index contributed by atoms with van der Waals surface area (Å²) in [5, 5.41) is 21.0. The summed E-state index contributed by atoms with van der Waals surface area (Å²) < 4.78 is 6.78. The van der Waals surface area contributed by atoms with Gasteiger partial charge in [0.2, 0.25) is 11.8 Å². The van der Waals surface area contributed by atoms with Crippen LogP contribution >= 0.6 is 23.1 Å². The van der Waals surface area contributed by atoms with Gasteiger partial charge in [-0.05, 0) is 36.4 Å². The minimum Gasteiger partial charge on any atom is -0.416 e. The lowest BCUT2D eigenvalue weighted by Crippen LogP contribution is -2.13. The van der Waals surface area contributed by atoms with Crippen LogP contribution in [0, 0.1) is 11.3 Å². The van der Waals surface area contributed by atoms with Crippen LogP contribution < -0.4 is 5.32 Å². The molecule has 2 heterocycles. The second-order valence-corrected chi connectivity index (χ2v) is 8.10. The van der Waals surface area contributed by atoms with Gasteiger partial charge in [-0.2, -0.15) is 5.26 Å². The van der Waals surface area contributed by atoms with Gasteiger partial charge in [0, 0.05) is 18.5 Å². The van der Waals surface area contributed by atoms with Crippen LogP contribution in [-0.4, -0.2) is 26.8 Å². The van der Waals surface area contributed by atoms with E-state index in [2.05, 4.69) is 26.6 Å². The van der Waals surface area contributed by atoms with Gasteiger partial charge in [-0.25, -0.2) is 4.98 Å². The molecule has 4 aromatic rings. The molecule has 0 aliphatic rings. The lowest BCUT2D eigenvalue weighted by Gasteiger charge is -2.03. The number of nitrogens with zero attached hydrogens (tertiary/aromatic N) is 4. The second-order valence-electron chi connectivity index (χ2n) is 6.06. The van der Waals surface area contributed by atoms with E-state index in [9.17, 15) is 4.79 Å². The van der Waals surface area contributed by atoms with Crippen LogP contribution in [0.5, 0.6) is 0 Å². The third-order valence-electron chi connectivity index (χ3n) is 3.96. The van der Waals surface area contributed by atoms with Crippen molar-refractivity contribution in [3.8, 4) is 6.07 Å². The van der Waals surface area contributed by atoms with E-state index in [4.69, 9.17) is 9.68 Å². The SMILES string of the molecule is N#Cc1ccc(NC(=O)CSc2nnc(CCc3nc4ccccc4s3)o2)cc1. The number of para-hydroxylation sites is 1. The van der Waals surface area contributed by atoms with Gasteiger partial charge in [0.15, 0.2) is 0 Å². The Morgan fingerprint density at radius 3 is 2.76 bits per heavy atom. The number of nitrogens with one attached hydrogen (secondary N) is 1. The Labute approximate surface area is 174 Å². The standard InChI is InChI=1S/C20H15N5O2S2/c21-11-13-5-7-14(8-6-13)22-17(26)12-28-20-25-24-18(27-20)9-10-19-23-15-3-1-2-4-16(15)29-19/h1-8H,9-10,12H2,(H,22,26). The molecule has 7 nitrogen and oxygen atoms in total. The molecule has 2 aromatic carbocycles. The van der Waals surface area contributed by atoms with Gasteiger partial charge in [0.25, 0.3) is 5.22 Å². The summed E-state index contributed by atoms with van der Waals surface area (Å²) in [6.07, 6.45) is 1.33. The Bertz CT molecular complexity index is 1140. The molecule has 2 aromatic heterocycles. The van der Waals surface area contributed by atoms with Crippen LogP contribution in [0.1, 0.15) is 16.5 Å². The van der Waals surface area contributed by atoms with Crippen LogP contribution in [0.25, 0.3) is 10.2 Å². The molecule has 0 atom stereocenters. The number of carbonyl (C=O) groups is 1. The number of thiazole rings is 1. The molecule has 0 fully saturated rings. The smallest absolute Gasteiger partial charge is 0.277 e. The number of hydrogen-bond donors (Lipinski definition) is 1. The molecule has 4 rings (SSSR count). The van der Waals surface area contributed by atoms with Crippen LogP contribution in [-0.2, 0) is 17.6 Å². The predicted octanol–water partition coefficient (Wildman–Crippen LogP) is 4.07. The Morgan fingerprint density at radius 1 is 1.14 bits per heavy atom. The summed E-state index contributed by atoms with van der Waals surface area (Å²) in [4.78, 5) is 16.6. The highest BCUT2D eigenvalue weighted by Crippen LogP contribution is 2.23. The van der Waals surface area contributed by atoms with Crippen LogP contribution in [0.15, 0.2) is 58.2 Å². The first-order valence-electron chi connectivity index (χ1n) is 8.79. The molecule has 9 heteroatoms. The summed E-state index contributed by atoms with van der Waals surface area (Å²) in [5.41, 5.74) is 2.18. The minimum absolute atomic E-state index is 0.152. The lowest BCUT2D eigenvalue weighted by atomic mass is 10.2. The number of thioether (sulfide) groups is 1. The Kier molecular flexibility index (Phi) is 5.84. The fourth-order valence-electron chi connectivity index (χ4n) is 2.59. The largest absolute Gasteiger partial charge is 0.416 e. The van der Waals surface area contributed by atoms with Gasteiger partial charge >= 0.3 is 0 Å². The lowest BCUT2D eigenvalue weighted by molar-refractivity contribution is -0.113. The van der Waals surface area contributed by atoms with Gasteiger partial charge in [-0.1, -0.05) is 23.9 Å². The van der Waals surface area contributed by atoms with E-state index in [1.165, 1.54) is 11.8 Å². The predicted molar refractivity (Wildman–Crippen MR) is 112 cm³/mol. The number of fused-ring (bicyclic) bond motifs is 1. The fourth-order valence-corrected chi connectivity index (χ4v) is 4.14. The zero-order chi connectivity index (χ0) is 20.1. The number of carbonyl (C=O) groups excluding carboxylic acids is 1. The van der Waals surface area contributed by atoms with Crippen molar-refractivity contribution in [2.45, 2.75) is 18.1 Å². The average Bonchev–Trinajstić information content (AvgIpc) is 3.37. The Balaban J connectivity index is 1.26. The Morgan fingerprint density at radius 2 is 1.97 bits per heavy atom. The number of hydrogen-bond acceptors (Lipinski definition) is 8. The van der Waals surface area contributed by atoms with Crippen molar-refractivity contribution in [2.24, 2.45) is 0 Å². The zero-order valence-electron chi connectivity index (χ0n) is 15.2. The molecule has 0 saturated heterocycles. The van der Waals surface area contributed by atoms with Crippen LogP contribution in [0.3, 0.4) is 0 Å². The normalized spacial score (nSPS) is 10.7. The third-order valence-corrected chi connectivity index (χ3v) is 5.88. The molecule has 0 saturated carbocycles. The molecule has 0 bridgehead atoms. The first-order valence-corrected chi connectivity index (χ1v) is 10.6.